The third kappa shape index (κ3) is 3.22. The van der Waals surface area contributed by atoms with Crippen LogP contribution in [0.5, 0.6) is 0 Å². The van der Waals surface area contributed by atoms with E-state index in [-0.39, 0.29) is 24.2 Å². The smallest absolute Gasteiger partial charge is 0.307 e. The summed E-state index contributed by atoms with van der Waals surface area (Å²) in [5.41, 5.74) is 8.78. The molecular weight excluding hydrogens is 382 g/mol. The predicted molar refractivity (Wildman–Crippen MR) is 98.5 cm³/mol. The molecule has 2 aliphatic rings. The molecule has 0 spiro atoms. The number of hydrazine groups is 1. The van der Waals surface area contributed by atoms with E-state index < -0.39 is 11.9 Å². The molecule has 0 radical (unpaired) electrons. The zero-order chi connectivity index (χ0) is 17.4. The molecule has 2 aromatic rings. The molecule has 2 fully saturated rings. The van der Waals surface area contributed by atoms with Gasteiger partial charge in [-0.1, -0.05) is 58.4 Å². The minimum absolute atomic E-state index is 0.00340. The van der Waals surface area contributed by atoms with Crippen LogP contribution >= 0.6 is 15.9 Å². The summed E-state index contributed by atoms with van der Waals surface area (Å²) in [7, 11) is 0. The van der Waals surface area contributed by atoms with E-state index in [9.17, 15) is 9.90 Å². The van der Waals surface area contributed by atoms with E-state index in [0.717, 1.165) is 15.6 Å². The number of piperidine rings is 1. The Hall–Kier alpha value is -1.73. The van der Waals surface area contributed by atoms with E-state index in [2.05, 4.69) is 32.1 Å². The van der Waals surface area contributed by atoms with Crippen molar-refractivity contribution in [1.82, 2.24) is 16.2 Å². The summed E-state index contributed by atoms with van der Waals surface area (Å²) >= 11 is 3.50. The number of hydrogen-bond donors (Lipinski definition) is 4. The van der Waals surface area contributed by atoms with Gasteiger partial charge in [0.1, 0.15) is 0 Å². The molecule has 2 aliphatic heterocycles. The monoisotopic (exact) mass is 401 g/mol. The fourth-order valence-corrected chi connectivity index (χ4v) is 4.48. The molecule has 6 heteroatoms. The fraction of sp³-hybridized carbons (Fsp3) is 0.316. The van der Waals surface area contributed by atoms with Crippen LogP contribution in [0.1, 0.15) is 29.6 Å². The molecule has 4 N–H and O–H groups in total. The summed E-state index contributed by atoms with van der Waals surface area (Å²) in [5.74, 6) is -1.21. The summed E-state index contributed by atoms with van der Waals surface area (Å²) in [6.07, 6.45) is 0.476. The Balaban J connectivity index is 1.63. The molecule has 4 rings (SSSR count). The van der Waals surface area contributed by atoms with Gasteiger partial charge in [-0.25, -0.2) is 10.9 Å². The molecule has 0 amide bonds. The van der Waals surface area contributed by atoms with Gasteiger partial charge in [-0.3, -0.25) is 10.1 Å². The number of rotatable bonds is 3. The van der Waals surface area contributed by atoms with Crippen molar-refractivity contribution < 1.29 is 9.90 Å². The van der Waals surface area contributed by atoms with Crippen molar-refractivity contribution in [2.45, 2.75) is 24.7 Å². The highest BCUT2D eigenvalue weighted by molar-refractivity contribution is 9.10. The SMILES string of the molecule is O=C(O)C1CC(c2cccc(Br)c2)NC2NNC(c3ccccc3)C21. The second kappa shape index (κ2) is 6.88. The van der Waals surface area contributed by atoms with Gasteiger partial charge in [0.15, 0.2) is 0 Å². The van der Waals surface area contributed by atoms with Crippen molar-refractivity contribution in [3.63, 3.8) is 0 Å². The number of fused-ring (bicyclic) bond motifs is 1. The number of nitrogens with one attached hydrogen (secondary N) is 3. The number of hydrogen-bond acceptors (Lipinski definition) is 4. The number of benzene rings is 2. The zero-order valence-corrected chi connectivity index (χ0v) is 15.1. The first-order valence-corrected chi connectivity index (χ1v) is 9.23. The van der Waals surface area contributed by atoms with Crippen LogP contribution < -0.4 is 16.2 Å². The lowest BCUT2D eigenvalue weighted by atomic mass is 9.75. The van der Waals surface area contributed by atoms with Crippen LogP contribution in [0, 0.1) is 11.8 Å². The van der Waals surface area contributed by atoms with Crippen LogP contribution in [0.3, 0.4) is 0 Å². The molecule has 2 saturated heterocycles. The van der Waals surface area contributed by atoms with Crippen LogP contribution in [0.25, 0.3) is 0 Å². The molecule has 5 atom stereocenters. The van der Waals surface area contributed by atoms with E-state index in [0.29, 0.717) is 6.42 Å². The second-order valence-corrected chi connectivity index (χ2v) is 7.60. The standard InChI is InChI=1S/C19H20BrN3O2/c20-13-8-4-7-12(9-13)15-10-14(19(24)25)16-17(22-23-18(16)21-15)11-5-2-1-3-6-11/h1-9,14-18,21-23H,10H2,(H,24,25). The minimum Gasteiger partial charge on any atom is -0.481 e. The highest BCUT2D eigenvalue weighted by Crippen LogP contribution is 2.42. The largest absolute Gasteiger partial charge is 0.481 e. The summed E-state index contributed by atoms with van der Waals surface area (Å²) in [5, 5.41) is 13.5. The lowest BCUT2D eigenvalue weighted by molar-refractivity contribution is -0.146. The lowest BCUT2D eigenvalue weighted by Crippen LogP contribution is -2.53. The Kier molecular flexibility index (Phi) is 4.60. The Morgan fingerprint density at radius 2 is 1.80 bits per heavy atom. The third-order valence-electron chi connectivity index (χ3n) is 5.23. The minimum atomic E-state index is -0.733. The highest BCUT2D eigenvalue weighted by Gasteiger charge is 2.49. The van der Waals surface area contributed by atoms with Crippen LogP contribution in [0.4, 0.5) is 0 Å². The van der Waals surface area contributed by atoms with E-state index in [4.69, 9.17) is 0 Å². The van der Waals surface area contributed by atoms with Gasteiger partial charge in [0.25, 0.3) is 0 Å². The van der Waals surface area contributed by atoms with Gasteiger partial charge in [0.2, 0.25) is 0 Å². The number of carboxylic acid groups (broad SMARTS) is 1. The summed E-state index contributed by atoms with van der Waals surface area (Å²) in [6.45, 7) is 0. The predicted octanol–water partition coefficient (Wildman–Crippen LogP) is 2.98. The second-order valence-electron chi connectivity index (χ2n) is 6.69. The molecule has 0 aliphatic carbocycles. The van der Waals surface area contributed by atoms with Crippen molar-refractivity contribution >= 4 is 21.9 Å². The number of carbonyl (C=O) groups is 1. The maximum absolute atomic E-state index is 12.0. The topological polar surface area (TPSA) is 73.4 Å². The Morgan fingerprint density at radius 1 is 1.04 bits per heavy atom. The third-order valence-corrected chi connectivity index (χ3v) is 5.72. The van der Waals surface area contributed by atoms with Gasteiger partial charge in [-0.2, -0.15) is 0 Å². The van der Waals surface area contributed by atoms with Crippen molar-refractivity contribution in [2.75, 3.05) is 0 Å². The summed E-state index contributed by atoms with van der Waals surface area (Å²) in [4.78, 5) is 12.0. The van der Waals surface area contributed by atoms with Crippen LogP contribution in [0.2, 0.25) is 0 Å². The molecule has 130 valence electrons. The molecular formula is C19H20BrN3O2. The maximum Gasteiger partial charge on any atom is 0.307 e. The van der Waals surface area contributed by atoms with E-state index >= 15 is 0 Å². The molecule has 5 unspecified atom stereocenters. The Labute approximate surface area is 154 Å². The van der Waals surface area contributed by atoms with E-state index in [1.165, 1.54) is 0 Å². The average molecular weight is 402 g/mol. The zero-order valence-electron chi connectivity index (χ0n) is 13.5. The maximum atomic E-state index is 12.0. The van der Waals surface area contributed by atoms with Crippen LogP contribution in [-0.2, 0) is 4.79 Å². The molecule has 0 aromatic heterocycles. The molecule has 2 heterocycles. The number of aliphatic carboxylic acids is 1. The van der Waals surface area contributed by atoms with Crippen molar-refractivity contribution in [3.05, 3.63) is 70.2 Å². The van der Waals surface area contributed by atoms with Crippen LogP contribution in [-0.4, -0.2) is 17.2 Å². The van der Waals surface area contributed by atoms with Crippen molar-refractivity contribution in [3.8, 4) is 0 Å². The Morgan fingerprint density at radius 3 is 2.52 bits per heavy atom. The van der Waals surface area contributed by atoms with Gasteiger partial charge < -0.3 is 5.11 Å². The molecule has 2 aromatic carbocycles. The van der Waals surface area contributed by atoms with Crippen molar-refractivity contribution in [1.29, 1.82) is 0 Å². The number of carboxylic acids is 1. The lowest BCUT2D eigenvalue weighted by Gasteiger charge is -2.39. The number of halogens is 1. The van der Waals surface area contributed by atoms with Gasteiger partial charge >= 0.3 is 5.97 Å². The van der Waals surface area contributed by atoms with Gasteiger partial charge in [0.05, 0.1) is 18.1 Å². The molecule has 25 heavy (non-hydrogen) atoms. The van der Waals surface area contributed by atoms with E-state index in [1.54, 1.807) is 0 Å². The molecule has 5 nitrogen and oxygen atoms in total. The first-order valence-electron chi connectivity index (χ1n) is 8.44. The van der Waals surface area contributed by atoms with E-state index in [1.807, 2.05) is 54.6 Å². The summed E-state index contributed by atoms with van der Waals surface area (Å²) < 4.78 is 1.00. The quantitative estimate of drug-likeness (QED) is 0.636. The first kappa shape index (κ1) is 16.7. The van der Waals surface area contributed by atoms with Gasteiger partial charge in [-0.15, -0.1) is 0 Å². The first-order chi connectivity index (χ1) is 12.1. The molecule has 0 saturated carbocycles. The Bertz CT molecular complexity index is 770. The fourth-order valence-electron chi connectivity index (χ4n) is 4.06. The van der Waals surface area contributed by atoms with Crippen LogP contribution in [0.15, 0.2) is 59.1 Å². The van der Waals surface area contributed by atoms with Crippen molar-refractivity contribution in [2.24, 2.45) is 11.8 Å². The summed E-state index contributed by atoms with van der Waals surface area (Å²) in [6, 6.07) is 18.1. The highest BCUT2D eigenvalue weighted by atomic mass is 79.9. The van der Waals surface area contributed by atoms with Gasteiger partial charge in [0, 0.05) is 16.4 Å². The van der Waals surface area contributed by atoms with Gasteiger partial charge in [-0.05, 0) is 29.7 Å². The normalized spacial score (nSPS) is 31.5. The molecule has 0 bridgehead atoms. The average Bonchev–Trinajstić information content (AvgIpc) is 3.05.